The Hall–Kier alpha value is -0.110. The van der Waals surface area contributed by atoms with E-state index in [1.54, 1.807) is 0 Å². The predicted molar refractivity (Wildman–Crippen MR) is 79.6 cm³/mol. The molecule has 0 atom stereocenters. The van der Waals surface area contributed by atoms with E-state index in [0.29, 0.717) is 0 Å². The van der Waals surface area contributed by atoms with Crippen LogP contribution < -0.4 is 10.5 Å². The Morgan fingerprint density at radius 3 is 2.45 bits per heavy atom. The molecule has 0 heterocycles. The first-order chi connectivity index (χ1) is 8.75. The van der Waals surface area contributed by atoms with Gasteiger partial charge in [-0.25, -0.2) is 17.5 Å². The summed E-state index contributed by atoms with van der Waals surface area (Å²) < 4.78 is 39.9. The molecule has 4 nitrogen and oxygen atoms in total. The van der Waals surface area contributed by atoms with Crippen LogP contribution in [0.2, 0.25) is 10.0 Å². The summed E-state index contributed by atoms with van der Waals surface area (Å²) in [5.41, 5.74) is 5.42. The maximum atomic E-state index is 13.5. The van der Waals surface area contributed by atoms with Crippen molar-refractivity contribution in [3.8, 4) is 0 Å². The summed E-state index contributed by atoms with van der Waals surface area (Å²) in [5, 5.41) is -0.738. The fraction of sp³-hybridized carbons (Fsp3) is 0.455. The lowest BCUT2D eigenvalue weighted by Crippen LogP contribution is -2.54. The molecule has 2 rings (SSSR count). The monoisotopic (exact) mass is 362 g/mol. The maximum absolute atomic E-state index is 13.5. The van der Waals surface area contributed by atoms with E-state index < -0.39 is 26.4 Å². The number of nitrogens with one attached hydrogen (secondary N) is 1. The number of rotatable bonds is 4. The van der Waals surface area contributed by atoms with Gasteiger partial charge < -0.3 is 5.73 Å². The molecule has 0 aromatic heterocycles. The van der Waals surface area contributed by atoms with Gasteiger partial charge in [0.25, 0.3) is 0 Å². The van der Waals surface area contributed by atoms with E-state index in [1.165, 1.54) is 6.07 Å². The SMILES string of the molecule is Cl.NC1(CNS(=O)(=O)c2ccc(Cl)c(F)c2Cl)CCC1. The minimum absolute atomic E-state index is 0. The highest BCUT2D eigenvalue weighted by atomic mass is 35.5. The maximum Gasteiger partial charge on any atom is 0.242 e. The Kier molecular flexibility index (Phi) is 5.68. The van der Waals surface area contributed by atoms with Gasteiger partial charge in [0.05, 0.1) is 10.0 Å². The number of benzene rings is 1. The number of hydrogen-bond acceptors (Lipinski definition) is 3. The molecule has 0 unspecified atom stereocenters. The van der Waals surface area contributed by atoms with Gasteiger partial charge in [0.15, 0.2) is 5.82 Å². The first kappa shape index (κ1) is 17.9. The van der Waals surface area contributed by atoms with Crippen LogP contribution in [0, 0.1) is 5.82 Å². The van der Waals surface area contributed by atoms with Crippen LogP contribution in [0.3, 0.4) is 0 Å². The van der Waals surface area contributed by atoms with E-state index in [1.807, 2.05) is 0 Å². The molecule has 3 N–H and O–H groups in total. The van der Waals surface area contributed by atoms with Gasteiger partial charge in [-0.3, -0.25) is 0 Å². The predicted octanol–water partition coefficient (Wildman–Crippen LogP) is 2.71. The number of halogens is 4. The molecule has 1 aliphatic carbocycles. The largest absolute Gasteiger partial charge is 0.324 e. The molecule has 114 valence electrons. The van der Waals surface area contributed by atoms with Gasteiger partial charge in [-0.15, -0.1) is 12.4 Å². The molecule has 0 aliphatic heterocycles. The average Bonchev–Trinajstić information content (AvgIpc) is 2.31. The first-order valence-electron chi connectivity index (χ1n) is 5.67. The van der Waals surface area contributed by atoms with Crippen LogP contribution in [-0.4, -0.2) is 20.5 Å². The Bertz CT molecular complexity index is 606. The standard InChI is InChI=1S/C11H13Cl2FN2O2S.ClH/c12-7-2-3-8(9(13)10(7)14)19(17,18)16-6-11(15)4-1-5-11;/h2-3,16H,1,4-6,15H2;1H. The molecule has 1 aliphatic rings. The van der Waals surface area contributed by atoms with Gasteiger partial charge in [0.1, 0.15) is 4.90 Å². The summed E-state index contributed by atoms with van der Waals surface area (Å²) in [5.74, 6) is -0.947. The smallest absolute Gasteiger partial charge is 0.242 e. The molecule has 0 spiro atoms. The van der Waals surface area contributed by atoms with Gasteiger partial charge in [0, 0.05) is 12.1 Å². The quantitative estimate of drug-likeness (QED) is 0.808. The Labute approximate surface area is 133 Å². The summed E-state index contributed by atoms with van der Waals surface area (Å²) >= 11 is 11.2. The van der Waals surface area contributed by atoms with Crippen molar-refractivity contribution in [1.82, 2.24) is 4.72 Å². The van der Waals surface area contributed by atoms with E-state index in [-0.39, 0.29) is 28.9 Å². The van der Waals surface area contributed by atoms with Gasteiger partial charge in [-0.1, -0.05) is 23.2 Å². The van der Waals surface area contributed by atoms with Crippen LogP contribution >= 0.6 is 35.6 Å². The van der Waals surface area contributed by atoms with Crippen molar-refractivity contribution in [1.29, 1.82) is 0 Å². The molecular weight excluding hydrogens is 350 g/mol. The second-order valence-electron chi connectivity index (χ2n) is 4.71. The van der Waals surface area contributed by atoms with Gasteiger partial charge >= 0.3 is 0 Å². The van der Waals surface area contributed by atoms with Crippen molar-refractivity contribution in [3.05, 3.63) is 28.0 Å². The highest BCUT2D eigenvalue weighted by molar-refractivity contribution is 7.89. The second-order valence-corrected chi connectivity index (χ2v) is 7.23. The lowest BCUT2D eigenvalue weighted by atomic mass is 9.78. The van der Waals surface area contributed by atoms with Gasteiger partial charge in [-0.05, 0) is 31.4 Å². The van der Waals surface area contributed by atoms with Gasteiger partial charge in [0.2, 0.25) is 10.0 Å². The van der Waals surface area contributed by atoms with Crippen molar-refractivity contribution in [2.24, 2.45) is 5.73 Å². The van der Waals surface area contributed by atoms with E-state index in [4.69, 9.17) is 28.9 Å². The third-order valence-corrected chi connectivity index (χ3v) is 5.47. The normalized spacial score (nSPS) is 17.2. The summed E-state index contributed by atoms with van der Waals surface area (Å²) in [4.78, 5) is -0.334. The topological polar surface area (TPSA) is 72.2 Å². The molecule has 1 aromatic rings. The van der Waals surface area contributed by atoms with E-state index in [0.717, 1.165) is 25.3 Å². The third-order valence-electron chi connectivity index (χ3n) is 3.25. The van der Waals surface area contributed by atoms with Crippen LogP contribution in [0.15, 0.2) is 17.0 Å². The minimum atomic E-state index is -3.90. The summed E-state index contributed by atoms with van der Waals surface area (Å²) in [6.07, 6.45) is 2.50. The highest BCUT2D eigenvalue weighted by Gasteiger charge is 2.34. The van der Waals surface area contributed by atoms with Gasteiger partial charge in [-0.2, -0.15) is 0 Å². The lowest BCUT2D eigenvalue weighted by molar-refractivity contribution is 0.251. The van der Waals surface area contributed by atoms with E-state index in [9.17, 15) is 12.8 Å². The summed E-state index contributed by atoms with van der Waals surface area (Å²) in [6.45, 7) is 0.107. The number of nitrogens with two attached hydrogens (primary N) is 1. The van der Waals surface area contributed by atoms with Crippen molar-refractivity contribution >= 4 is 45.6 Å². The molecule has 20 heavy (non-hydrogen) atoms. The van der Waals surface area contributed by atoms with Crippen molar-refractivity contribution in [2.75, 3.05) is 6.54 Å². The van der Waals surface area contributed by atoms with E-state index in [2.05, 4.69) is 4.72 Å². The fourth-order valence-corrected chi connectivity index (χ4v) is 3.72. The van der Waals surface area contributed by atoms with Crippen molar-refractivity contribution in [2.45, 2.75) is 29.7 Å². The summed E-state index contributed by atoms with van der Waals surface area (Å²) in [6, 6.07) is 2.32. The van der Waals surface area contributed by atoms with Crippen LogP contribution in [0.25, 0.3) is 0 Å². The van der Waals surface area contributed by atoms with Crippen molar-refractivity contribution < 1.29 is 12.8 Å². The Balaban J connectivity index is 0.00000200. The number of hydrogen-bond donors (Lipinski definition) is 2. The molecule has 1 aromatic carbocycles. The molecule has 9 heteroatoms. The molecule has 0 amide bonds. The molecule has 0 radical (unpaired) electrons. The molecule has 0 saturated heterocycles. The Morgan fingerprint density at radius 2 is 1.95 bits per heavy atom. The molecule has 1 saturated carbocycles. The van der Waals surface area contributed by atoms with Crippen LogP contribution in [0.5, 0.6) is 0 Å². The zero-order valence-electron chi connectivity index (χ0n) is 10.3. The zero-order valence-corrected chi connectivity index (χ0v) is 13.5. The van der Waals surface area contributed by atoms with E-state index >= 15 is 0 Å². The van der Waals surface area contributed by atoms with Crippen LogP contribution in [0.1, 0.15) is 19.3 Å². The average molecular weight is 364 g/mol. The highest BCUT2D eigenvalue weighted by Crippen LogP contribution is 2.31. The fourth-order valence-electron chi connectivity index (χ4n) is 1.84. The van der Waals surface area contributed by atoms with Crippen LogP contribution in [0.4, 0.5) is 4.39 Å². The zero-order chi connectivity index (χ0) is 14.3. The first-order valence-corrected chi connectivity index (χ1v) is 7.91. The third kappa shape index (κ3) is 3.55. The number of sulfonamides is 1. The van der Waals surface area contributed by atoms with Crippen molar-refractivity contribution in [3.63, 3.8) is 0 Å². The molecular formula is C11H14Cl3FN2O2S. The second kappa shape index (κ2) is 6.34. The molecule has 1 fully saturated rings. The van der Waals surface area contributed by atoms with Crippen LogP contribution in [-0.2, 0) is 10.0 Å². The summed E-state index contributed by atoms with van der Waals surface area (Å²) in [7, 11) is -3.90. The molecule has 0 bridgehead atoms. The Morgan fingerprint density at radius 1 is 1.35 bits per heavy atom. The minimum Gasteiger partial charge on any atom is -0.324 e. The lowest BCUT2D eigenvalue weighted by Gasteiger charge is -2.38.